The Labute approximate surface area is 290 Å². The average molecular weight is 685 g/mol. The highest BCUT2D eigenvalue weighted by atomic mass is 35.5. The van der Waals surface area contributed by atoms with Gasteiger partial charge >= 0.3 is 0 Å². The van der Waals surface area contributed by atoms with E-state index >= 15 is 8.78 Å². The maximum absolute atomic E-state index is 15.4. The molecule has 254 valence electrons. The molecule has 2 unspecified atom stereocenters. The third-order valence-electron chi connectivity index (χ3n) is 9.90. The summed E-state index contributed by atoms with van der Waals surface area (Å²) in [7, 11) is 0. The number of nitrogens with one attached hydrogen (secondary N) is 1. The molecule has 2 fully saturated rings. The number of rotatable bonds is 8. The summed E-state index contributed by atoms with van der Waals surface area (Å²) in [5, 5.41) is 6.79. The van der Waals surface area contributed by atoms with Crippen molar-refractivity contribution in [3.63, 3.8) is 0 Å². The van der Waals surface area contributed by atoms with Crippen LogP contribution in [0.4, 0.5) is 8.78 Å². The monoisotopic (exact) mass is 684 g/mol. The lowest BCUT2D eigenvalue weighted by Gasteiger charge is -2.38. The van der Waals surface area contributed by atoms with Crippen LogP contribution in [-0.2, 0) is 22.6 Å². The number of carbonyl (C=O) groups excluding carboxylic acids is 2. The van der Waals surface area contributed by atoms with Gasteiger partial charge in [0.2, 0.25) is 11.8 Å². The number of nitrogens with zero attached hydrogens (tertiary/aromatic N) is 4. The van der Waals surface area contributed by atoms with Gasteiger partial charge in [0, 0.05) is 36.8 Å². The molecule has 0 aliphatic carbocycles. The SMILES string of the molecule is Cc1cc(-c2ncnn3cc(-c4ccc(CCN5CCC(c6ccc(C7CCC(=O)NC7=O)cc6)C(F)(F)C5)cc4)cc23)ccc1CN.Cl. The maximum Gasteiger partial charge on any atom is 0.267 e. The van der Waals surface area contributed by atoms with Crippen molar-refractivity contribution >= 4 is 29.7 Å². The van der Waals surface area contributed by atoms with Gasteiger partial charge in [-0.1, -0.05) is 60.7 Å². The number of benzene rings is 3. The van der Waals surface area contributed by atoms with Gasteiger partial charge in [-0.05, 0) is 78.2 Å². The predicted octanol–water partition coefficient (Wildman–Crippen LogP) is 6.44. The van der Waals surface area contributed by atoms with E-state index in [1.54, 1.807) is 30.6 Å². The number of aryl methyl sites for hydroxylation is 1. The highest BCUT2D eigenvalue weighted by molar-refractivity contribution is 6.00. The summed E-state index contributed by atoms with van der Waals surface area (Å²) in [4.78, 5) is 30.1. The number of alkyl halides is 2. The molecule has 2 aromatic heterocycles. The van der Waals surface area contributed by atoms with E-state index in [1.165, 1.54) is 0 Å². The van der Waals surface area contributed by atoms with Crippen LogP contribution >= 0.6 is 12.4 Å². The second-order valence-electron chi connectivity index (χ2n) is 13.0. The summed E-state index contributed by atoms with van der Waals surface area (Å²) < 4.78 is 32.7. The third kappa shape index (κ3) is 7.13. The molecular formula is C38H39ClF2N6O2. The van der Waals surface area contributed by atoms with E-state index in [1.807, 2.05) is 27.7 Å². The zero-order chi connectivity index (χ0) is 33.4. The Morgan fingerprint density at radius 2 is 1.67 bits per heavy atom. The summed E-state index contributed by atoms with van der Waals surface area (Å²) >= 11 is 0. The fourth-order valence-electron chi connectivity index (χ4n) is 7.12. The lowest BCUT2D eigenvalue weighted by Crippen LogP contribution is -2.48. The first kappa shape index (κ1) is 34.4. The summed E-state index contributed by atoms with van der Waals surface area (Å²) in [6.45, 7) is 3.39. The topological polar surface area (TPSA) is 106 Å². The normalized spacial score (nSPS) is 19.4. The van der Waals surface area contributed by atoms with Gasteiger partial charge < -0.3 is 5.73 Å². The molecule has 2 aliphatic heterocycles. The first-order valence-electron chi connectivity index (χ1n) is 16.4. The molecule has 3 aromatic carbocycles. The Hall–Kier alpha value is -4.51. The molecule has 49 heavy (non-hydrogen) atoms. The third-order valence-corrected chi connectivity index (χ3v) is 9.90. The zero-order valence-corrected chi connectivity index (χ0v) is 28.1. The number of hydrogen-bond donors (Lipinski definition) is 2. The number of piperidine rings is 2. The lowest BCUT2D eigenvalue weighted by atomic mass is 9.84. The van der Waals surface area contributed by atoms with Crippen LogP contribution in [0, 0.1) is 6.92 Å². The van der Waals surface area contributed by atoms with Crippen LogP contribution in [0.3, 0.4) is 0 Å². The molecule has 0 bridgehead atoms. The van der Waals surface area contributed by atoms with Crippen LogP contribution in [0.5, 0.6) is 0 Å². The van der Waals surface area contributed by atoms with Crippen LogP contribution in [-0.4, -0.2) is 56.9 Å². The molecule has 7 rings (SSSR count). The minimum absolute atomic E-state index is 0. The molecule has 0 saturated carbocycles. The molecular weight excluding hydrogens is 646 g/mol. The van der Waals surface area contributed by atoms with Gasteiger partial charge in [-0.25, -0.2) is 18.3 Å². The standard InChI is InChI=1S/C38H38F2N6O2.ClH/c1-24-18-29(10-11-30(24)20-41)36-34-19-31(21-46(34)43-23-42-36)26-4-2-25(3-5-26)14-16-45-17-15-33(38(39,40)22-45)28-8-6-27(7-9-28)32-12-13-35(47)44-37(32)48;/h2-11,18-19,21,23,32-33H,12-17,20,22,41H2,1H3,(H,44,47,48);1H. The Balaban J connectivity index is 0.00000417. The molecule has 0 radical (unpaired) electrons. The minimum Gasteiger partial charge on any atom is -0.326 e. The Morgan fingerprint density at radius 1 is 0.939 bits per heavy atom. The summed E-state index contributed by atoms with van der Waals surface area (Å²) in [5.41, 5.74) is 15.3. The smallest absolute Gasteiger partial charge is 0.267 e. The van der Waals surface area contributed by atoms with Crippen LogP contribution in [0.1, 0.15) is 58.9 Å². The van der Waals surface area contributed by atoms with Crippen LogP contribution in [0.2, 0.25) is 0 Å². The number of likely N-dealkylation sites (tertiary alicyclic amines) is 1. The van der Waals surface area contributed by atoms with Gasteiger partial charge in [0.05, 0.1) is 29.6 Å². The molecule has 2 saturated heterocycles. The Kier molecular flexibility index (Phi) is 9.92. The predicted molar refractivity (Wildman–Crippen MR) is 188 cm³/mol. The van der Waals surface area contributed by atoms with Crippen molar-refractivity contribution in [2.45, 2.75) is 56.9 Å². The van der Waals surface area contributed by atoms with Gasteiger partial charge in [-0.3, -0.25) is 19.8 Å². The molecule has 3 N–H and O–H groups in total. The van der Waals surface area contributed by atoms with Gasteiger partial charge in [0.25, 0.3) is 5.92 Å². The van der Waals surface area contributed by atoms with Gasteiger partial charge in [0.1, 0.15) is 6.33 Å². The highest BCUT2D eigenvalue weighted by Crippen LogP contribution is 2.41. The fraction of sp³-hybridized carbons (Fsp3) is 0.316. The molecule has 11 heteroatoms. The number of halogens is 3. The zero-order valence-electron chi connectivity index (χ0n) is 27.2. The van der Waals surface area contributed by atoms with E-state index in [0.29, 0.717) is 44.5 Å². The largest absolute Gasteiger partial charge is 0.326 e. The number of amides is 2. The van der Waals surface area contributed by atoms with Crippen molar-refractivity contribution in [3.8, 4) is 22.4 Å². The number of aromatic nitrogens is 3. The van der Waals surface area contributed by atoms with Crippen molar-refractivity contribution in [2.24, 2.45) is 5.73 Å². The first-order chi connectivity index (χ1) is 23.2. The number of carbonyl (C=O) groups is 2. The van der Waals surface area contributed by atoms with Crippen molar-refractivity contribution in [2.75, 3.05) is 19.6 Å². The minimum atomic E-state index is -2.87. The molecule has 4 heterocycles. The van der Waals surface area contributed by atoms with Crippen molar-refractivity contribution in [1.29, 1.82) is 0 Å². The van der Waals surface area contributed by atoms with Gasteiger partial charge in [-0.2, -0.15) is 5.10 Å². The molecule has 2 amide bonds. The van der Waals surface area contributed by atoms with E-state index in [4.69, 9.17) is 5.73 Å². The van der Waals surface area contributed by atoms with Crippen molar-refractivity contribution < 1.29 is 18.4 Å². The second-order valence-corrected chi connectivity index (χ2v) is 13.0. The maximum atomic E-state index is 15.4. The van der Waals surface area contributed by atoms with E-state index in [-0.39, 0.29) is 37.2 Å². The van der Waals surface area contributed by atoms with Crippen LogP contribution in [0.15, 0.2) is 85.3 Å². The Morgan fingerprint density at radius 3 is 2.37 bits per heavy atom. The Bertz CT molecular complexity index is 1980. The number of nitrogens with two attached hydrogens (primary N) is 1. The molecule has 2 aliphatic rings. The molecule has 5 aromatic rings. The van der Waals surface area contributed by atoms with E-state index in [2.05, 4.69) is 58.7 Å². The summed E-state index contributed by atoms with van der Waals surface area (Å²) in [6.07, 6.45) is 5.30. The van der Waals surface area contributed by atoms with E-state index in [0.717, 1.165) is 50.2 Å². The van der Waals surface area contributed by atoms with E-state index < -0.39 is 17.8 Å². The van der Waals surface area contributed by atoms with Gasteiger partial charge in [-0.15, -0.1) is 12.4 Å². The second kappa shape index (κ2) is 14.2. The van der Waals surface area contributed by atoms with Gasteiger partial charge in [0.15, 0.2) is 0 Å². The number of fused-ring (bicyclic) bond motifs is 1. The first-order valence-corrected chi connectivity index (χ1v) is 16.4. The van der Waals surface area contributed by atoms with E-state index in [9.17, 15) is 9.59 Å². The molecule has 8 nitrogen and oxygen atoms in total. The lowest BCUT2D eigenvalue weighted by molar-refractivity contribution is -0.134. The number of imide groups is 1. The highest BCUT2D eigenvalue weighted by Gasteiger charge is 2.45. The molecule has 2 atom stereocenters. The summed E-state index contributed by atoms with van der Waals surface area (Å²) in [5.74, 6) is -4.76. The number of hydrogen-bond acceptors (Lipinski definition) is 6. The fourth-order valence-corrected chi connectivity index (χ4v) is 7.12. The molecule has 0 spiro atoms. The average Bonchev–Trinajstić information content (AvgIpc) is 3.52. The van der Waals surface area contributed by atoms with Crippen LogP contribution in [0.25, 0.3) is 27.9 Å². The van der Waals surface area contributed by atoms with Crippen molar-refractivity contribution in [3.05, 3.63) is 113 Å². The summed E-state index contributed by atoms with van der Waals surface area (Å²) in [6, 6.07) is 23.5. The van der Waals surface area contributed by atoms with Crippen LogP contribution < -0.4 is 11.1 Å². The quantitative estimate of drug-likeness (QED) is 0.182. The van der Waals surface area contributed by atoms with Crippen molar-refractivity contribution in [1.82, 2.24) is 24.8 Å².